The predicted molar refractivity (Wildman–Crippen MR) is 75.7 cm³/mol. The SMILES string of the molecule is COCC(CCO)NC(=O)/C=C/c1cccc(C)c1. The Hall–Kier alpha value is -1.65. The molecule has 0 heterocycles. The van der Waals surface area contributed by atoms with E-state index in [1.807, 2.05) is 31.2 Å². The van der Waals surface area contributed by atoms with Crippen LogP contribution in [0.1, 0.15) is 17.5 Å². The molecule has 0 bridgehead atoms. The number of ether oxygens (including phenoxy) is 1. The molecule has 1 aromatic carbocycles. The van der Waals surface area contributed by atoms with Crippen molar-refractivity contribution in [1.29, 1.82) is 0 Å². The summed E-state index contributed by atoms with van der Waals surface area (Å²) in [5.74, 6) is -0.183. The average molecular weight is 263 g/mol. The van der Waals surface area contributed by atoms with Crippen molar-refractivity contribution in [1.82, 2.24) is 5.32 Å². The molecule has 1 unspecified atom stereocenters. The molecule has 0 aliphatic carbocycles. The molecule has 19 heavy (non-hydrogen) atoms. The minimum atomic E-state index is -0.183. The largest absolute Gasteiger partial charge is 0.396 e. The molecule has 0 spiro atoms. The summed E-state index contributed by atoms with van der Waals surface area (Å²) >= 11 is 0. The van der Waals surface area contributed by atoms with Crippen LogP contribution < -0.4 is 5.32 Å². The van der Waals surface area contributed by atoms with Crippen molar-refractivity contribution in [3.63, 3.8) is 0 Å². The van der Waals surface area contributed by atoms with Gasteiger partial charge in [-0.05, 0) is 25.0 Å². The molecule has 4 heteroatoms. The van der Waals surface area contributed by atoms with Crippen molar-refractivity contribution < 1.29 is 14.6 Å². The van der Waals surface area contributed by atoms with Gasteiger partial charge in [0.15, 0.2) is 0 Å². The Morgan fingerprint density at radius 1 is 1.53 bits per heavy atom. The Balaban J connectivity index is 2.53. The van der Waals surface area contributed by atoms with Gasteiger partial charge in [-0.2, -0.15) is 0 Å². The molecule has 1 amide bonds. The second-order valence-electron chi connectivity index (χ2n) is 4.42. The quantitative estimate of drug-likeness (QED) is 0.733. The van der Waals surface area contributed by atoms with E-state index in [1.54, 1.807) is 13.2 Å². The number of benzene rings is 1. The zero-order valence-corrected chi connectivity index (χ0v) is 11.4. The van der Waals surface area contributed by atoms with E-state index in [1.165, 1.54) is 6.08 Å². The fourth-order valence-electron chi connectivity index (χ4n) is 1.75. The number of amides is 1. The van der Waals surface area contributed by atoms with Crippen LogP contribution in [-0.2, 0) is 9.53 Å². The molecule has 1 aromatic rings. The number of hydrogen-bond acceptors (Lipinski definition) is 3. The molecule has 1 rings (SSSR count). The number of carbonyl (C=O) groups excluding carboxylic acids is 1. The minimum Gasteiger partial charge on any atom is -0.396 e. The summed E-state index contributed by atoms with van der Waals surface area (Å²) in [4.78, 5) is 11.7. The molecular weight excluding hydrogens is 242 g/mol. The third-order valence-corrected chi connectivity index (χ3v) is 2.66. The van der Waals surface area contributed by atoms with Crippen molar-refractivity contribution in [2.75, 3.05) is 20.3 Å². The maximum absolute atomic E-state index is 11.7. The summed E-state index contributed by atoms with van der Waals surface area (Å²) in [6.07, 6.45) is 3.75. The van der Waals surface area contributed by atoms with E-state index >= 15 is 0 Å². The molecule has 1 atom stereocenters. The van der Waals surface area contributed by atoms with E-state index in [4.69, 9.17) is 9.84 Å². The minimum absolute atomic E-state index is 0.0237. The highest BCUT2D eigenvalue weighted by molar-refractivity contribution is 5.91. The van der Waals surface area contributed by atoms with Crippen LogP contribution in [0.3, 0.4) is 0 Å². The molecule has 0 saturated heterocycles. The highest BCUT2D eigenvalue weighted by atomic mass is 16.5. The lowest BCUT2D eigenvalue weighted by Gasteiger charge is -2.15. The van der Waals surface area contributed by atoms with Gasteiger partial charge in [0, 0.05) is 19.8 Å². The zero-order valence-electron chi connectivity index (χ0n) is 11.4. The smallest absolute Gasteiger partial charge is 0.244 e. The molecule has 0 saturated carbocycles. The van der Waals surface area contributed by atoms with Gasteiger partial charge in [-0.1, -0.05) is 29.8 Å². The summed E-state index contributed by atoms with van der Waals surface area (Å²) in [5, 5.41) is 11.7. The molecular formula is C15H21NO3. The van der Waals surface area contributed by atoms with Crippen LogP contribution in [-0.4, -0.2) is 37.4 Å². The second kappa shape index (κ2) is 8.45. The Bertz CT molecular complexity index is 423. The second-order valence-corrected chi connectivity index (χ2v) is 4.42. The van der Waals surface area contributed by atoms with Gasteiger partial charge < -0.3 is 15.2 Å². The standard InChI is InChI=1S/C15H21NO3/c1-12-4-3-5-13(10-12)6-7-15(18)16-14(8-9-17)11-19-2/h3-7,10,14,17H,8-9,11H2,1-2H3,(H,16,18)/b7-6+. The van der Waals surface area contributed by atoms with Gasteiger partial charge in [0.2, 0.25) is 5.91 Å². The molecule has 4 nitrogen and oxygen atoms in total. The number of aliphatic hydroxyl groups is 1. The lowest BCUT2D eigenvalue weighted by atomic mass is 10.1. The lowest BCUT2D eigenvalue weighted by Crippen LogP contribution is -2.37. The highest BCUT2D eigenvalue weighted by Crippen LogP contribution is 2.05. The highest BCUT2D eigenvalue weighted by Gasteiger charge is 2.09. The van der Waals surface area contributed by atoms with Crippen LogP contribution in [0.15, 0.2) is 30.3 Å². The van der Waals surface area contributed by atoms with Gasteiger partial charge in [-0.25, -0.2) is 0 Å². The first-order valence-electron chi connectivity index (χ1n) is 6.30. The molecule has 0 aliphatic heterocycles. The van der Waals surface area contributed by atoms with Crippen LogP contribution in [0.25, 0.3) is 6.08 Å². The van der Waals surface area contributed by atoms with E-state index < -0.39 is 0 Å². The van der Waals surface area contributed by atoms with Gasteiger partial charge in [0.1, 0.15) is 0 Å². The van der Waals surface area contributed by atoms with Gasteiger partial charge in [0.25, 0.3) is 0 Å². The maximum Gasteiger partial charge on any atom is 0.244 e. The number of aryl methyl sites for hydroxylation is 1. The summed E-state index contributed by atoms with van der Waals surface area (Å²) in [5.41, 5.74) is 2.14. The van der Waals surface area contributed by atoms with E-state index in [-0.39, 0.29) is 18.6 Å². The maximum atomic E-state index is 11.7. The van der Waals surface area contributed by atoms with Crippen LogP contribution in [0.5, 0.6) is 0 Å². The van der Waals surface area contributed by atoms with Crippen molar-refractivity contribution in [2.45, 2.75) is 19.4 Å². The van der Waals surface area contributed by atoms with E-state index in [0.717, 1.165) is 11.1 Å². The van der Waals surface area contributed by atoms with Crippen LogP contribution in [0, 0.1) is 6.92 Å². The molecule has 0 aliphatic rings. The van der Waals surface area contributed by atoms with Gasteiger partial charge in [-0.15, -0.1) is 0 Å². The summed E-state index contributed by atoms with van der Waals surface area (Å²) in [6.45, 7) is 2.42. The third kappa shape index (κ3) is 6.18. The Kier molecular flexibility index (Phi) is 6.85. The number of carbonyl (C=O) groups is 1. The number of rotatable bonds is 7. The number of nitrogens with one attached hydrogen (secondary N) is 1. The topological polar surface area (TPSA) is 58.6 Å². The Morgan fingerprint density at radius 3 is 2.95 bits per heavy atom. The summed E-state index contributed by atoms with van der Waals surface area (Å²) in [7, 11) is 1.57. The molecule has 0 radical (unpaired) electrons. The van der Waals surface area contributed by atoms with Crippen molar-refractivity contribution in [2.24, 2.45) is 0 Å². The van der Waals surface area contributed by atoms with Crippen molar-refractivity contribution >= 4 is 12.0 Å². The summed E-state index contributed by atoms with van der Waals surface area (Å²) in [6, 6.07) is 7.74. The molecule has 2 N–H and O–H groups in total. The Morgan fingerprint density at radius 2 is 2.32 bits per heavy atom. The zero-order chi connectivity index (χ0) is 14.1. The van der Waals surface area contributed by atoms with E-state index in [9.17, 15) is 4.79 Å². The first-order valence-corrected chi connectivity index (χ1v) is 6.30. The van der Waals surface area contributed by atoms with E-state index in [2.05, 4.69) is 5.32 Å². The van der Waals surface area contributed by atoms with Crippen molar-refractivity contribution in [3.05, 3.63) is 41.5 Å². The fraction of sp³-hybridized carbons (Fsp3) is 0.400. The summed E-state index contributed by atoms with van der Waals surface area (Å²) < 4.78 is 4.99. The average Bonchev–Trinajstić information content (AvgIpc) is 2.37. The third-order valence-electron chi connectivity index (χ3n) is 2.66. The lowest BCUT2D eigenvalue weighted by molar-refractivity contribution is -0.117. The monoisotopic (exact) mass is 263 g/mol. The van der Waals surface area contributed by atoms with Crippen molar-refractivity contribution in [3.8, 4) is 0 Å². The fourth-order valence-corrected chi connectivity index (χ4v) is 1.75. The Labute approximate surface area is 114 Å². The van der Waals surface area contributed by atoms with Gasteiger partial charge in [0.05, 0.1) is 12.6 Å². The normalized spacial score (nSPS) is 12.6. The molecule has 0 aromatic heterocycles. The first-order chi connectivity index (χ1) is 9.15. The molecule has 0 fully saturated rings. The van der Waals surface area contributed by atoms with Gasteiger partial charge in [-0.3, -0.25) is 4.79 Å². The van der Waals surface area contributed by atoms with E-state index in [0.29, 0.717) is 13.0 Å². The van der Waals surface area contributed by atoms with Crippen LogP contribution >= 0.6 is 0 Å². The predicted octanol–water partition coefficient (Wildman–Crippen LogP) is 1.52. The number of aliphatic hydroxyl groups excluding tert-OH is 1. The van der Waals surface area contributed by atoms with Gasteiger partial charge >= 0.3 is 0 Å². The number of methoxy groups -OCH3 is 1. The molecule has 104 valence electrons. The first kappa shape index (κ1) is 15.4. The van der Waals surface area contributed by atoms with Crippen LogP contribution in [0.2, 0.25) is 0 Å². The van der Waals surface area contributed by atoms with Crippen LogP contribution in [0.4, 0.5) is 0 Å². The number of hydrogen-bond donors (Lipinski definition) is 2.